The van der Waals surface area contributed by atoms with Crippen LogP contribution in [0, 0.1) is 0 Å². The van der Waals surface area contributed by atoms with Crippen molar-refractivity contribution in [3.8, 4) is 5.75 Å². The number of hydrogen-bond acceptors (Lipinski definition) is 2. The molecule has 0 aliphatic heterocycles. The van der Waals surface area contributed by atoms with E-state index in [0.29, 0.717) is 14.0 Å². The average Bonchev–Trinajstić information content (AvgIpc) is 2.22. The van der Waals surface area contributed by atoms with Gasteiger partial charge in [0.05, 0.1) is 8.81 Å². The molecule has 0 fully saturated rings. The van der Waals surface area contributed by atoms with Gasteiger partial charge in [-0.05, 0) is 23.4 Å². The molecule has 1 nitrogen and oxygen atoms in total. The normalized spacial score (nSPS) is 13.9. The highest BCUT2D eigenvalue weighted by molar-refractivity contribution is 8.49. The summed E-state index contributed by atoms with van der Waals surface area (Å²) in [5.41, 5.74) is 0. The molecule has 0 aliphatic rings. The standard InChI is InChI=1S/C14H24OP2S/c1-13(2,3)16-15-11-8-7-9-12(10-11)18-17-14(4,5)6/h7-10,16-17H,1-6H3. The quantitative estimate of drug-likeness (QED) is 0.636. The van der Waals surface area contributed by atoms with Gasteiger partial charge >= 0.3 is 0 Å². The Balaban J connectivity index is 2.57. The van der Waals surface area contributed by atoms with Crippen LogP contribution in [0.1, 0.15) is 41.5 Å². The minimum atomic E-state index is 0.232. The second kappa shape index (κ2) is 6.60. The van der Waals surface area contributed by atoms with E-state index >= 15 is 0 Å². The van der Waals surface area contributed by atoms with Crippen LogP contribution in [0.4, 0.5) is 0 Å². The molecule has 0 aliphatic carbocycles. The van der Waals surface area contributed by atoms with Crippen molar-refractivity contribution in [3.05, 3.63) is 24.3 Å². The first-order chi connectivity index (χ1) is 8.16. The summed E-state index contributed by atoms with van der Waals surface area (Å²) in [6, 6.07) is 8.44. The topological polar surface area (TPSA) is 9.23 Å². The molecule has 0 saturated carbocycles. The van der Waals surface area contributed by atoms with Crippen molar-refractivity contribution in [1.82, 2.24) is 0 Å². The minimum Gasteiger partial charge on any atom is -0.477 e. The van der Waals surface area contributed by atoms with E-state index in [9.17, 15) is 0 Å². The summed E-state index contributed by atoms with van der Waals surface area (Å²) in [4.78, 5) is 1.31. The largest absolute Gasteiger partial charge is 0.477 e. The van der Waals surface area contributed by atoms with E-state index in [1.54, 1.807) is 0 Å². The first-order valence-electron chi connectivity index (χ1n) is 6.14. The molecule has 0 aromatic heterocycles. The summed E-state index contributed by atoms with van der Waals surface area (Å²) in [6.07, 6.45) is 0. The Labute approximate surface area is 119 Å². The van der Waals surface area contributed by atoms with Crippen LogP contribution in [0.5, 0.6) is 5.75 Å². The Morgan fingerprint density at radius 2 is 1.67 bits per heavy atom. The van der Waals surface area contributed by atoms with Crippen LogP contribution in [0.2, 0.25) is 0 Å². The molecule has 0 saturated heterocycles. The first kappa shape index (κ1) is 16.3. The summed E-state index contributed by atoms with van der Waals surface area (Å²) in [5.74, 6) is 0.993. The van der Waals surface area contributed by atoms with Crippen molar-refractivity contribution in [2.45, 2.75) is 56.8 Å². The van der Waals surface area contributed by atoms with Gasteiger partial charge in [0.1, 0.15) is 5.75 Å². The van der Waals surface area contributed by atoms with Gasteiger partial charge < -0.3 is 4.52 Å². The molecule has 2 atom stereocenters. The van der Waals surface area contributed by atoms with Gasteiger partial charge in [0.15, 0.2) is 0 Å². The van der Waals surface area contributed by atoms with Crippen LogP contribution in [0.15, 0.2) is 29.2 Å². The van der Waals surface area contributed by atoms with Crippen molar-refractivity contribution >= 4 is 28.0 Å². The van der Waals surface area contributed by atoms with E-state index in [1.807, 2.05) is 17.4 Å². The fourth-order valence-electron chi connectivity index (χ4n) is 1.03. The van der Waals surface area contributed by atoms with E-state index in [2.05, 4.69) is 59.7 Å². The smallest absolute Gasteiger partial charge is 0.124 e. The van der Waals surface area contributed by atoms with Crippen LogP contribution in [-0.4, -0.2) is 10.3 Å². The van der Waals surface area contributed by atoms with E-state index < -0.39 is 0 Å². The van der Waals surface area contributed by atoms with Crippen LogP contribution < -0.4 is 4.52 Å². The van der Waals surface area contributed by atoms with Crippen LogP contribution in [0.25, 0.3) is 0 Å². The van der Waals surface area contributed by atoms with E-state index in [-0.39, 0.29) is 5.16 Å². The molecule has 1 rings (SSSR count). The fraction of sp³-hybridized carbons (Fsp3) is 0.571. The highest BCUT2D eigenvalue weighted by Crippen LogP contribution is 2.47. The van der Waals surface area contributed by atoms with Gasteiger partial charge in [-0.1, -0.05) is 55.4 Å². The van der Waals surface area contributed by atoms with Crippen LogP contribution in [0.3, 0.4) is 0 Å². The number of rotatable bonds is 4. The Morgan fingerprint density at radius 3 is 2.22 bits per heavy atom. The van der Waals surface area contributed by atoms with Crippen molar-refractivity contribution in [3.63, 3.8) is 0 Å². The molecule has 0 heterocycles. The zero-order valence-corrected chi connectivity index (χ0v) is 14.9. The SMILES string of the molecule is CC(C)(C)POc1cccc(SPC(C)(C)C)c1. The number of benzene rings is 1. The van der Waals surface area contributed by atoms with Gasteiger partial charge in [0, 0.05) is 10.1 Å². The zero-order chi connectivity index (χ0) is 13.8. The van der Waals surface area contributed by atoms with Crippen molar-refractivity contribution in [2.24, 2.45) is 0 Å². The fourth-order valence-corrected chi connectivity index (χ4v) is 3.97. The predicted molar refractivity (Wildman–Crippen MR) is 89.1 cm³/mol. The van der Waals surface area contributed by atoms with E-state index in [1.165, 1.54) is 4.90 Å². The molecule has 4 heteroatoms. The molecule has 0 amide bonds. The average molecular weight is 302 g/mol. The molecule has 0 bridgehead atoms. The summed E-state index contributed by atoms with van der Waals surface area (Å²) >= 11 is 1.93. The van der Waals surface area contributed by atoms with Crippen molar-refractivity contribution in [1.29, 1.82) is 0 Å². The van der Waals surface area contributed by atoms with Crippen molar-refractivity contribution < 1.29 is 4.52 Å². The molecule has 1 aromatic rings. The predicted octanol–water partition coefficient (Wildman–Crippen LogP) is 5.94. The number of hydrogen-bond donors (Lipinski definition) is 0. The van der Waals surface area contributed by atoms with Gasteiger partial charge in [-0.15, -0.1) is 11.4 Å². The third kappa shape index (κ3) is 7.62. The first-order valence-corrected chi connectivity index (χ1v) is 9.59. The molecule has 1 aromatic carbocycles. The van der Waals surface area contributed by atoms with Crippen LogP contribution in [-0.2, 0) is 0 Å². The molecule has 18 heavy (non-hydrogen) atoms. The molecule has 102 valence electrons. The highest BCUT2D eigenvalue weighted by Gasteiger charge is 2.13. The van der Waals surface area contributed by atoms with E-state index in [0.717, 1.165) is 13.5 Å². The molecule has 0 spiro atoms. The zero-order valence-electron chi connectivity index (χ0n) is 12.1. The molecular formula is C14H24OP2S. The molecule has 0 N–H and O–H groups in total. The lowest BCUT2D eigenvalue weighted by molar-refractivity contribution is 0.593. The van der Waals surface area contributed by atoms with Gasteiger partial charge in [-0.25, -0.2) is 0 Å². The lowest BCUT2D eigenvalue weighted by atomic mass is 10.3. The van der Waals surface area contributed by atoms with Crippen molar-refractivity contribution in [2.75, 3.05) is 0 Å². The lowest BCUT2D eigenvalue weighted by Crippen LogP contribution is -2.06. The molecule has 0 radical (unpaired) electrons. The molecular weight excluding hydrogens is 278 g/mol. The summed E-state index contributed by atoms with van der Waals surface area (Å²) in [7, 11) is 1.37. The Morgan fingerprint density at radius 1 is 1.00 bits per heavy atom. The lowest BCUT2D eigenvalue weighted by Gasteiger charge is -2.19. The van der Waals surface area contributed by atoms with Gasteiger partial charge in [0.2, 0.25) is 0 Å². The summed E-state index contributed by atoms with van der Waals surface area (Å²) in [6.45, 7) is 13.4. The maximum atomic E-state index is 5.86. The maximum Gasteiger partial charge on any atom is 0.124 e. The summed E-state index contributed by atoms with van der Waals surface area (Å²) < 4.78 is 5.86. The third-order valence-corrected chi connectivity index (χ3v) is 6.76. The van der Waals surface area contributed by atoms with Gasteiger partial charge in [-0.2, -0.15) is 0 Å². The highest BCUT2D eigenvalue weighted by atomic mass is 32.7. The Kier molecular flexibility index (Phi) is 5.97. The second-order valence-electron chi connectivity index (χ2n) is 6.38. The Bertz CT molecular complexity index is 347. The summed E-state index contributed by atoms with van der Waals surface area (Å²) in [5, 5.41) is 0.616. The minimum absolute atomic E-state index is 0.232. The Hall–Kier alpha value is 0.230. The monoisotopic (exact) mass is 302 g/mol. The van der Waals surface area contributed by atoms with E-state index in [4.69, 9.17) is 4.52 Å². The van der Waals surface area contributed by atoms with Gasteiger partial charge in [-0.3, -0.25) is 0 Å². The third-order valence-electron chi connectivity index (χ3n) is 1.76. The van der Waals surface area contributed by atoms with Gasteiger partial charge in [0.25, 0.3) is 0 Å². The second-order valence-corrected chi connectivity index (χ2v) is 11.9. The maximum absolute atomic E-state index is 5.86. The van der Waals surface area contributed by atoms with Crippen LogP contribution >= 0.6 is 28.0 Å². The molecule has 2 unspecified atom stereocenters.